The highest BCUT2D eigenvalue weighted by molar-refractivity contribution is 5.45. The molecule has 0 amide bonds. The summed E-state index contributed by atoms with van der Waals surface area (Å²) in [5.74, 6) is 0.790. The second-order valence-corrected chi connectivity index (χ2v) is 4.26. The van der Waals surface area contributed by atoms with Crippen LogP contribution in [0.25, 0.3) is 5.65 Å². The Bertz CT molecular complexity index is 679. The molecular weight excluding hydrogens is 242 g/mol. The van der Waals surface area contributed by atoms with Crippen LogP contribution in [0.5, 0.6) is 0 Å². The van der Waals surface area contributed by atoms with Crippen molar-refractivity contribution in [1.82, 2.24) is 30.2 Å². The Morgan fingerprint density at radius 3 is 2.89 bits per heavy atom. The van der Waals surface area contributed by atoms with Gasteiger partial charge >= 0.3 is 0 Å². The fourth-order valence-corrected chi connectivity index (χ4v) is 1.85. The maximum absolute atomic E-state index is 4.36. The van der Waals surface area contributed by atoms with Crippen molar-refractivity contribution < 1.29 is 0 Å². The summed E-state index contributed by atoms with van der Waals surface area (Å²) in [6, 6.07) is 9.72. The van der Waals surface area contributed by atoms with Gasteiger partial charge in [0.05, 0.1) is 11.7 Å². The molecule has 0 aliphatic heterocycles. The minimum atomic E-state index is 0.114. The molecule has 0 radical (unpaired) electrons. The van der Waals surface area contributed by atoms with E-state index in [-0.39, 0.29) is 6.04 Å². The minimum absolute atomic E-state index is 0.114. The molecule has 0 aromatic carbocycles. The summed E-state index contributed by atoms with van der Waals surface area (Å²) in [7, 11) is 1.97. The lowest BCUT2D eigenvalue weighted by Crippen LogP contribution is -2.24. The molecule has 0 saturated carbocycles. The SMILES string of the molecule is CC(c1ccccn1)N(C)c1ccc2nnnn2n1. The van der Waals surface area contributed by atoms with Gasteiger partial charge in [0.25, 0.3) is 0 Å². The Morgan fingerprint density at radius 2 is 2.11 bits per heavy atom. The van der Waals surface area contributed by atoms with Gasteiger partial charge in [0, 0.05) is 13.2 Å². The Hall–Kier alpha value is -2.57. The van der Waals surface area contributed by atoms with Crippen molar-refractivity contribution in [3.8, 4) is 0 Å². The highest BCUT2D eigenvalue weighted by Gasteiger charge is 2.15. The molecule has 0 saturated heterocycles. The number of hydrogen-bond donors (Lipinski definition) is 0. The molecule has 3 aromatic rings. The molecule has 96 valence electrons. The van der Waals surface area contributed by atoms with Gasteiger partial charge < -0.3 is 4.90 Å². The van der Waals surface area contributed by atoms with Gasteiger partial charge in [-0.3, -0.25) is 4.98 Å². The summed E-state index contributed by atoms with van der Waals surface area (Å²) in [6.07, 6.45) is 1.79. The van der Waals surface area contributed by atoms with Crippen LogP contribution >= 0.6 is 0 Å². The Morgan fingerprint density at radius 1 is 1.21 bits per heavy atom. The van der Waals surface area contributed by atoms with E-state index in [9.17, 15) is 0 Å². The molecule has 1 unspecified atom stereocenters. The number of nitrogens with zero attached hydrogens (tertiary/aromatic N) is 7. The first-order valence-corrected chi connectivity index (χ1v) is 5.95. The number of rotatable bonds is 3. The van der Waals surface area contributed by atoms with E-state index in [4.69, 9.17) is 0 Å². The van der Waals surface area contributed by atoms with Crippen LogP contribution in [0, 0.1) is 0 Å². The largest absolute Gasteiger partial charge is 0.350 e. The average molecular weight is 255 g/mol. The third-order valence-corrected chi connectivity index (χ3v) is 3.11. The van der Waals surface area contributed by atoms with Crippen molar-refractivity contribution in [2.24, 2.45) is 0 Å². The first-order valence-electron chi connectivity index (χ1n) is 5.95. The maximum Gasteiger partial charge on any atom is 0.200 e. The lowest BCUT2D eigenvalue weighted by molar-refractivity contribution is 0.672. The normalized spacial score (nSPS) is 12.5. The van der Waals surface area contributed by atoms with Gasteiger partial charge in [-0.05, 0) is 41.6 Å². The minimum Gasteiger partial charge on any atom is -0.350 e. The summed E-state index contributed by atoms with van der Waals surface area (Å²) in [6.45, 7) is 2.08. The van der Waals surface area contributed by atoms with Crippen molar-refractivity contribution >= 4 is 11.5 Å². The van der Waals surface area contributed by atoms with Gasteiger partial charge in [-0.2, -0.15) is 0 Å². The van der Waals surface area contributed by atoms with Crippen LogP contribution in [0.3, 0.4) is 0 Å². The molecule has 0 aliphatic rings. The fraction of sp³-hybridized carbons (Fsp3) is 0.250. The van der Waals surface area contributed by atoms with Gasteiger partial charge in [-0.1, -0.05) is 6.07 Å². The summed E-state index contributed by atoms with van der Waals surface area (Å²) in [5.41, 5.74) is 1.62. The standard InChI is InChI=1S/C12H13N7/c1-9(10-5-3-4-8-13-10)18(2)12-7-6-11-14-16-17-19(11)15-12/h3-9H,1-2H3. The number of anilines is 1. The van der Waals surface area contributed by atoms with Gasteiger partial charge in [0.15, 0.2) is 11.5 Å². The van der Waals surface area contributed by atoms with Crippen LogP contribution in [-0.4, -0.2) is 37.3 Å². The van der Waals surface area contributed by atoms with Crippen LogP contribution in [0.1, 0.15) is 18.7 Å². The van der Waals surface area contributed by atoms with E-state index < -0.39 is 0 Å². The predicted octanol–water partition coefficient (Wildman–Crippen LogP) is 1.11. The molecule has 3 rings (SSSR count). The van der Waals surface area contributed by atoms with E-state index in [0.29, 0.717) is 5.65 Å². The highest BCUT2D eigenvalue weighted by Crippen LogP contribution is 2.21. The Kier molecular flexibility index (Phi) is 2.79. The highest BCUT2D eigenvalue weighted by atomic mass is 15.6. The van der Waals surface area contributed by atoms with Gasteiger partial charge in [0.2, 0.25) is 0 Å². The fourth-order valence-electron chi connectivity index (χ4n) is 1.85. The third kappa shape index (κ3) is 2.10. The van der Waals surface area contributed by atoms with E-state index in [1.54, 1.807) is 6.20 Å². The van der Waals surface area contributed by atoms with E-state index in [0.717, 1.165) is 11.5 Å². The van der Waals surface area contributed by atoms with Crippen molar-refractivity contribution in [2.75, 3.05) is 11.9 Å². The predicted molar refractivity (Wildman–Crippen MR) is 69.6 cm³/mol. The van der Waals surface area contributed by atoms with Crippen molar-refractivity contribution in [3.63, 3.8) is 0 Å². The molecule has 19 heavy (non-hydrogen) atoms. The lowest BCUT2D eigenvalue weighted by Gasteiger charge is -2.24. The van der Waals surface area contributed by atoms with Gasteiger partial charge in [0.1, 0.15) is 0 Å². The third-order valence-electron chi connectivity index (χ3n) is 3.11. The van der Waals surface area contributed by atoms with E-state index >= 15 is 0 Å². The number of fused-ring (bicyclic) bond motifs is 1. The van der Waals surface area contributed by atoms with E-state index in [2.05, 4.69) is 32.5 Å². The van der Waals surface area contributed by atoms with Crippen LogP contribution in [0.4, 0.5) is 5.82 Å². The molecule has 0 spiro atoms. The average Bonchev–Trinajstić information content (AvgIpc) is 2.94. The van der Waals surface area contributed by atoms with Gasteiger partial charge in [-0.25, -0.2) is 0 Å². The molecule has 7 nitrogen and oxygen atoms in total. The van der Waals surface area contributed by atoms with Crippen LogP contribution in [0.2, 0.25) is 0 Å². The molecule has 3 heterocycles. The zero-order chi connectivity index (χ0) is 13.2. The molecule has 1 atom stereocenters. The molecule has 0 fully saturated rings. The quantitative estimate of drug-likeness (QED) is 0.698. The summed E-state index contributed by atoms with van der Waals surface area (Å²) in [5, 5.41) is 15.6. The topological polar surface area (TPSA) is 72.1 Å². The number of aromatic nitrogens is 6. The summed E-state index contributed by atoms with van der Waals surface area (Å²) < 4.78 is 1.41. The lowest BCUT2D eigenvalue weighted by atomic mass is 10.2. The van der Waals surface area contributed by atoms with Crippen LogP contribution < -0.4 is 4.90 Å². The second kappa shape index (κ2) is 4.60. The second-order valence-electron chi connectivity index (χ2n) is 4.26. The molecule has 7 heteroatoms. The van der Waals surface area contributed by atoms with Crippen LogP contribution in [-0.2, 0) is 0 Å². The van der Waals surface area contributed by atoms with Gasteiger partial charge in [-0.15, -0.1) is 14.8 Å². The first kappa shape index (κ1) is 11.5. The first-order chi connectivity index (χ1) is 9.25. The monoisotopic (exact) mass is 255 g/mol. The Labute approximate surface area is 109 Å². The number of hydrogen-bond acceptors (Lipinski definition) is 6. The number of pyridine rings is 1. The maximum atomic E-state index is 4.36. The van der Waals surface area contributed by atoms with Crippen LogP contribution in [0.15, 0.2) is 36.5 Å². The zero-order valence-corrected chi connectivity index (χ0v) is 10.7. The number of tetrazole rings is 1. The molecule has 0 N–H and O–H groups in total. The van der Waals surface area contributed by atoms with Crippen molar-refractivity contribution in [3.05, 3.63) is 42.2 Å². The molecule has 0 bridgehead atoms. The van der Waals surface area contributed by atoms with Crippen molar-refractivity contribution in [1.29, 1.82) is 0 Å². The summed E-state index contributed by atoms with van der Waals surface area (Å²) in [4.78, 5) is 6.39. The molecule has 3 aromatic heterocycles. The zero-order valence-electron chi connectivity index (χ0n) is 10.7. The smallest absolute Gasteiger partial charge is 0.200 e. The van der Waals surface area contributed by atoms with Crippen molar-refractivity contribution in [2.45, 2.75) is 13.0 Å². The molecular formula is C12H13N7. The summed E-state index contributed by atoms with van der Waals surface area (Å²) >= 11 is 0. The Balaban J connectivity index is 1.92. The van der Waals surface area contributed by atoms with E-state index in [1.165, 1.54) is 4.63 Å². The molecule has 0 aliphatic carbocycles. The van der Waals surface area contributed by atoms with E-state index in [1.807, 2.05) is 42.3 Å².